The number of halogens is 1. The Hall–Kier alpha value is -1.10. The molecular formula is C14H20ClN3O. The quantitative estimate of drug-likeness (QED) is 0.865. The van der Waals surface area contributed by atoms with Gasteiger partial charge in [-0.15, -0.1) is 0 Å². The van der Waals surface area contributed by atoms with Gasteiger partial charge in [0.25, 0.3) is 0 Å². The molecule has 1 aromatic rings. The van der Waals surface area contributed by atoms with Gasteiger partial charge < -0.3 is 15.5 Å². The largest absolute Gasteiger partial charge is 0.325 e. The summed E-state index contributed by atoms with van der Waals surface area (Å²) in [7, 11) is 2.13. The lowest BCUT2D eigenvalue weighted by atomic mass is 10.1. The second-order valence-corrected chi connectivity index (χ2v) is 5.54. The molecule has 0 saturated carbocycles. The molecule has 1 unspecified atom stereocenters. The average Bonchev–Trinajstić information content (AvgIpc) is 2.78. The second-order valence-electron chi connectivity index (χ2n) is 5.10. The van der Waals surface area contributed by atoms with Gasteiger partial charge in [0.05, 0.1) is 6.54 Å². The lowest BCUT2D eigenvalue weighted by molar-refractivity contribution is -0.115. The number of carbonyl (C=O) groups excluding carboxylic acids is 1. The zero-order valence-corrected chi connectivity index (χ0v) is 11.9. The van der Waals surface area contributed by atoms with Crippen molar-refractivity contribution in [2.45, 2.75) is 6.42 Å². The van der Waals surface area contributed by atoms with E-state index in [1.165, 1.54) is 6.42 Å². The Labute approximate surface area is 119 Å². The summed E-state index contributed by atoms with van der Waals surface area (Å²) < 4.78 is 0. The number of hydrogen-bond donors (Lipinski definition) is 2. The first-order valence-corrected chi connectivity index (χ1v) is 6.96. The molecule has 0 aromatic heterocycles. The number of likely N-dealkylation sites (tertiary alicyclic amines) is 1. The Kier molecular flexibility index (Phi) is 5.19. The summed E-state index contributed by atoms with van der Waals surface area (Å²) in [6.07, 6.45) is 1.21. The third-order valence-corrected chi connectivity index (χ3v) is 3.59. The van der Waals surface area contributed by atoms with Gasteiger partial charge in [0.2, 0.25) is 5.91 Å². The minimum atomic E-state index is -0.0197. The molecule has 1 fully saturated rings. The Balaban J connectivity index is 1.66. The lowest BCUT2D eigenvalue weighted by Gasteiger charge is -2.11. The Morgan fingerprint density at radius 2 is 2.16 bits per heavy atom. The van der Waals surface area contributed by atoms with Gasteiger partial charge in [-0.3, -0.25) is 4.79 Å². The fourth-order valence-electron chi connectivity index (χ4n) is 2.32. The maximum atomic E-state index is 11.7. The van der Waals surface area contributed by atoms with E-state index in [9.17, 15) is 4.79 Å². The molecule has 0 bridgehead atoms. The second kappa shape index (κ2) is 6.89. The highest BCUT2D eigenvalue weighted by atomic mass is 35.5. The van der Waals surface area contributed by atoms with Gasteiger partial charge in [0.15, 0.2) is 0 Å². The molecule has 19 heavy (non-hydrogen) atoms. The zero-order valence-electron chi connectivity index (χ0n) is 11.2. The first-order valence-electron chi connectivity index (χ1n) is 6.58. The SMILES string of the molecule is CN1CCC(CNCC(=O)Nc2ccc(Cl)cc2)C1. The molecule has 1 heterocycles. The van der Waals surface area contributed by atoms with Gasteiger partial charge in [-0.25, -0.2) is 0 Å². The van der Waals surface area contributed by atoms with Crippen molar-refractivity contribution in [3.8, 4) is 0 Å². The molecule has 1 aliphatic rings. The number of anilines is 1. The van der Waals surface area contributed by atoms with E-state index >= 15 is 0 Å². The van der Waals surface area contributed by atoms with Crippen molar-refractivity contribution >= 4 is 23.2 Å². The monoisotopic (exact) mass is 281 g/mol. The molecule has 1 saturated heterocycles. The van der Waals surface area contributed by atoms with Crippen LogP contribution in [0.15, 0.2) is 24.3 Å². The topological polar surface area (TPSA) is 44.4 Å². The summed E-state index contributed by atoms with van der Waals surface area (Å²) in [5.41, 5.74) is 0.775. The predicted molar refractivity (Wildman–Crippen MR) is 78.6 cm³/mol. The lowest BCUT2D eigenvalue weighted by Crippen LogP contribution is -2.32. The first-order chi connectivity index (χ1) is 9.13. The highest BCUT2D eigenvalue weighted by molar-refractivity contribution is 6.30. The highest BCUT2D eigenvalue weighted by Gasteiger charge is 2.18. The van der Waals surface area contributed by atoms with Crippen LogP contribution in [0.4, 0.5) is 5.69 Å². The van der Waals surface area contributed by atoms with Gasteiger partial charge in [0.1, 0.15) is 0 Å². The van der Waals surface area contributed by atoms with Crippen LogP contribution in [0.1, 0.15) is 6.42 Å². The molecule has 5 heteroatoms. The van der Waals surface area contributed by atoms with Crippen molar-refractivity contribution in [1.82, 2.24) is 10.2 Å². The molecule has 0 radical (unpaired) electrons. The molecule has 1 aromatic carbocycles. The van der Waals surface area contributed by atoms with Crippen LogP contribution in [0.25, 0.3) is 0 Å². The fraction of sp³-hybridized carbons (Fsp3) is 0.500. The van der Waals surface area contributed by atoms with E-state index in [-0.39, 0.29) is 5.91 Å². The van der Waals surface area contributed by atoms with E-state index in [1.54, 1.807) is 24.3 Å². The zero-order chi connectivity index (χ0) is 13.7. The number of hydrogen-bond acceptors (Lipinski definition) is 3. The molecule has 1 aliphatic heterocycles. The minimum Gasteiger partial charge on any atom is -0.325 e. The number of nitrogens with one attached hydrogen (secondary N) is 2. The van der Waals surface area contributed by atoms with E-state index in [0.717, 1.165) is 25.3 Å². The van der Waals surface area contributed by atoms with Crippen LogP contribution in [0.5, 0.6) is 0 Å². The average molecular weight is 282 g/mol. The van der Waals surface area contributed by atoms with Crippen LogP contribution in [-0.4, -0.2) is 44.0 Å². The van der Waals surface area contributed by atoms with E-state index in [1.807, 2.05) is 0 Å². The van der Waals surface area contributed by atoms with Crippen molar-refractivity contribution < 1.29 is 4.79 Å². The van der Waals surface area contributed by atoms with Crippen LogP contribution in [-0.2, 0) is 4.79 Å². The minimum absolute atomic E-state index is 0.0197. The van der Waals surface area contributed by atoms with E-state index < -0.39 is 0 Å². The van der Waals surface area contributed by atoms with Crippen LogP contribution >= 0.6 is 11.6 Å². The van der Waals surface area contributed by atoms with Gasteiger partial charge in [-0.05, 0) is 56.7 Å². The van der Waals surface area contributed by atoms with Crippen LogP contribution in [0.3, 0.4) is 0 Å². The number of carbonyl (C=O) groups is 1. The summed E-state index contributed by atoms with van der Waals surface area (Å²) in [4.78, 5) is 14.0. The van der Waals surface area contributed by atoms with Gasteiger partial charge in [-0.2, -0.15) is 0 Å². The van der Waals surface area contributed by atoms with Crippen molar-refractivity contribution in [2.24, 2.45) is 5.92 Å². The third kappa shape index (κ3) is 4.82. The molecule has 4 nitrogen and oxygen atoms in total. The van der Waals surface area contributed by atoms with Crippen molar-refractivity contribution in [1.29, 1.82) is 0 Å². The van der Waals surface area contributed by atoms with Gasteiger partial charge >= 0.3 is 0 Å². The Morgan fingerprint density at radius 3 is 2.79 bits per heavy atom. The third-order valence-electron chi connectivity index (χ3n) is 3.34. The molecule has 0 spiro atoms. The van der Waals surface area contributed by atoms with Gasteiger partial charge in [-0.1, -0.05) is 11.6 Å². The van der Waals surface area contributed by atoms with Crippen molar-refractivity contribution in [2.75, 3.05) is 38.5 Å². The molecule has 2 N–H and O–H groups in total. The number of benzene rings is 1. The molecule has 0 aliphatic carbocycles. The summed E-state index contributed by atoms with van der Waals surface area (Å²) in [5, 5.41) is 6.72. The summed E-state index contributed by atoms with van der Waals surface area (Å²) in [6.45, 7) is 3.52. The number of rotatable bonds is 5. The summed E-state index contributed by atoms with van der Waals surface area (Å²) in [5.74, 6) is 0.641. The van der Waals surface area contributed by atoms with Crippen LogP contribution in [0, 0.1) is 5.92 Å². The first kappa shape index (κ1) is 14.3. The van der Waals surface area contributed by atoms with Crippen molar-refractivity contribution in [3.63, 3.8) is 0 Å². The van der Waals surface area contributed by atoms with Gasteiger partial charge in [0, 0.05) is 17.3 Å². The van der Waals surface area contributed by atoms with E-state index in [4.69, 9.17) is 11.6 Å². The standard InChI is InChI=1S/C14H20ClN3O/c1-18-7-6-11(10-18)8-16-9-14(19)17-13-4-2-12(15)3-5-13/h2-5,11,16H,6-10H2,1H3,(H,17,19). The van der Waals surface area contributed by atoms with Crippen LogP contribution in [0.2, 0.25) is 5.02 Å². The Morgan fingerprint density at radius 1 is 1.42 bits per heavy atom. The normalized spacial score (nSPS) is 19.6. The van der Waals surface area contributed by atoms with E-state index in [2.05, 4.69) is 22.6 Å². The summed E-state index contributed by atoms with van der Waals surface area (Å²) >= 11 is 5.79. The fourth-order valence-corrected chi connectivity index (χ4v) is 2.45. The molecule has 1 atom stereocenters. The van der Waals surface area contributed by atoms with Crippen LogP contribution < -0.4 is 10.6 Å². The number of amides is 1. The molecular weight excluding hydrogens is 262 g/mol. The smallest absolute Gasteiger partial charge is 0.238 e. The van der Waals surface area contributed by atoms with E-state index in [0.29, 0.717) is 17.5 Å². The number of nitrogens with zero attached hydrogens (tertiary/aromatic N) is 1. The summed E-state index contributed by atoms with van der Waals surface area (Å²) in [6, 6.07) is 7.12. The maximum absolute atomic E-state index is 11.7. The van der Waals surface area contributed by atoms with Crippen molar-refractivity contribution in [3.05, 3.63) is 29.3 Å². The molecule has 1 amide bonds. The Bertz CT molecular complexity index is 421. The highest BCUT2D eigenvalue weighted by Crippen LogP contribution is 2.14. The predicted octanol–water partition coefficient (Wildman–Crippen LogP) is 1.82. The molecule has 2 rings (SSSR count). The molecule has 104 valence electrons. The maximum Gasteiger partial charge on any atom is 0.238 e.